The normalized spacial score (nSPS) is 19.2. The van der Waals surface area contributed by atoms with Gasteiger partial charge in [0.05, 0.1) is 21.7 Å². The third-order valence-electron chi connectivity index (χ3n) is 7.63. The molecule has 0 spiro atoms. The minimum absolute atomic E-state index is 0.0475. The van der Waals surface area contributed by atoms with Crippen LogP contribution in [-0.4, -0.2) is 11.1 Å². The fourth-order valence-corrected chi connectivity index (χ4v) is 5.79. The maximum Gasteiger partial charge on any atom is 0.269 e. The van der Waals surface area contributed by atoms with E-state index in [9.17, 15) is 10.1 Å². The molecule has 0 saturated heterocycles. The van der Waals surface area contributed by atoms with E-state index in [1.54, 1.807) is 24.4 Å². The van der Waals surface area contributed by atoms with Crippen molar-refractivity contribution in [3.05, 3.63) is 140 Å². The van der Waals surface area contributed by atoms with Gasteiger partial charge in [-0.15, -0.1) is 0 Å². The van der Waals surface area contributed by atoms with Crippen molar-refractivity contribution in [1.29, 1.82) is 0 Å². The first-order valence-corrected chi connectivity index (χ1v) is 13.7. The number of hydrogen-bond acceptors (Lipinski definition) is 5. The van der Waals surface area contributed by atoms with Crippen LogP contribution in [-0.2, 0) is 6.61 Å². The summed E-state index contributed by atoms with van der Waals surface area (Å²) in [6.45, 7) is 2.41. The van der Waals surface area contributed by atoms with Crippen LogP contribution < -0.4 is 10.1 Å². The van der Waals surface area contributed by atoms with Crippen LogP contribution in [0.5, 0.6) is 5.75 Å². The van der Waals surface area contributed by atoms with Crippen molar-refractivity contribution in [1.82, 2.24) is 0 Å². The number of nitrogens with one attached hydrogen (secondary N) is 1. The Hall–Kier alpha value is -4.42. The Morgan fingerprint density at radius 3 is 2.60 bits per heavy atom. The first-order valence-electron chi connectivity index (χ1n) is 13.3. The van der Waals surface area contributed by atoms with Crippen LogP contribution in [0.1, 0.15) is 46.2 Å². The smallest absolute Gasteiger partial charge is 0.269 e. The van der Waals surface area contributed by atoms with Gasteiger partial charge in [-0.1, -0.05) is 53.6 Å². The van der Waals surface area contributed by atoms with Crippen molar-refractivity contribution in [3.8, 4) is 5.75 Å². The lowest BCUT2D eigenvalue weighted by Crippen LogP contribution is -2.29. The molecule has 0 radical (unpaired) electrons. The zero-order chi connectivity index (χ0) is 27.6. The molecule has 1 aliphatic carbocycles. The molecule has 6 rings (SSSR count). The number of ether oxygens (including phenoxy) is 1. The molecule has 7 heteroatoms. The van der Waals surface area contributed by atoms with Gasteiger partial charge in [0.1, 0.15) is 12.4 Å². The SMILES string of the molecule is Cc1ccc2c(c1)[C@@H]1C=CC[C@@H]1[C@H](c1ccc(N=Cc3ccc(OCc4ccc([N+](=O)[O-])cc4)c(Cl)c3)cc1)N2. The number of hydrogen-bond donors (Lipinski definition) is 1. The van der Waals surface area contributed by atoms with Gasteiger partial charge in [0.15, 0.2) is 0 Å². The van der Waals surface area contributed by atoms with Crippen molar-refractivity contribution >= 4 is 34.9 Å². The van der Waals surface area contributed by atoms with E-state index in [1.807, 2.05) is 12.1 Å². The monoisotopic (exact) mass is 549 g/mol. The van der Waals surface area contributed by atoms with Crippen LogP contribution in [0.15, 0.2) is 102 Å². The molecule has 4 aromatic carbocycles. The molecule has 1 N–H and O–H groups in total. The zero-order valence-corrected chi connectivity index (χ0v) is 22.7. The summed E-state index contributed by atoms with van der Waals surface area (Å²) in [6.07, 6.45) is 7.54. The molecule has 1 aliphatic heterocycles. The largest absolute Gasteiger partial charge is 0.487 e. The van der Waals surface area contributed by atoms with Crippen LogP contribution in [0.3, 0.4) is 0 Å². The van der Waals surface area contributed by atoms with E-state index < -0.39 is 4.92 Å². The molecule has 40 heavy (non-hydrogen) atoms. The Morgan fingerprint density at radius 1 is 1.05 bits per heavy atom. The Morgan fingerprint density at radius 2 is 1.85 bits per heavy atom. The lowest BCUT2D eigenvalue weighted by Gasteiger charge is -2.37. The highest BCUT2D eigenvalue weighted by molar-refractivity contribution is 6.32. The Kier molecular flexibility index (Phi) is 7.10. The highest BCUT2D eigenvalue weighted by Gasteiger charge is 2.37. The molecule has 0 amide bonds. The molecule has 0 unspecified atom stereocenters. The predicted molar refractivity (Wildman–Crippen MR) is 160 cm³/mol. The summed E-state index contributed by atoms with van der Waals surface area (Å²) in [7, 11) is 0. The molecule has 3 atom stereocenters. The van der Waals surface area contributed by atoms with Crippen LogP contribution in [0.4, 0.5) is 17.1 Å². The van der Waals surface area contributed by atoms with Gasteiger partial charge < -0.3 is 10.1 Å². The van der Waals surface area contributed by atoms with E-state index in [-0.39, 0.29) is 18.3 Å². The lowest BCUT2D eigenvalue weighted by atomic mass is 9.76. The van der Waals surface area contributed by atoms with E-state index in [0.29, 0.717) is 22.6 Å². The number of non-ortho nitro benzene ring substituents is 1. The summed E-state index contributed by atoms with van der Waals surface area (Å²) in [5, 5.41) is 15.1. The number of rotatable bonds is 7. The maximum absolute atomic E-state index is 10.8. The zero-order valence-electron chi connectivity index (χ0n) is 22.0. The number of fused-ring (bicyclic) bond motifs is 3. The number of anilines is 1. The van der Waals surface area contributed by atoms with Gasteiger partial charge in [-0.25, -0.2) is 0 Å². The van der Waals surface area contributed by atoms with E-state index in [1.165, 1.54) is 34.5 Å². The summed E-state index contributed by atoms with van der Waals surface area (Å²) in [4.78, 5) is 15.0. The van der Waals surface area contributed by atoms with Crippen molar-refractivity contribution in [3.63, 3.8) is 0 Å². The van der Waals surface area contributed by atoms with Gasteiger partial charge in [0, 0.05) is 30.0 Å². The molecule has 4 aromatic rings. The number of aliphatic imine (C=N–C) groups is 1. The average molecular weight is 550 g/mol. The quantitative estimate of drug-likeness (QED) is 0.108. The predicted octanol–water partition coefficient (Wildman–Crippen LogP) is 8.71. The summed E-state index contributed by atoms with van der Waals surface area (Å²) >= 11 is 6.45. The third-order valence-corrected chi connectivity index (χ3v) is 7.93. The number of aryl methyl sites for hydroxylation is 1. The molecule has 6 nitrogen and oxygen atoms in total. The number of nitrogens with zero attached hydrogens (tertiary/aromatic N) is 2. The second-order valence-corrected chi connectivity index (χ2v) is 10.7. The second-order valence-electron chi connectivity index (χ2n) is 10.3. The molecule has 2 aliphatic rings. The molecule has 200 valence electrons. The van der Waals surface area contributed by atoms with Crippen molar-refractivity contribution < 1.29 is 9.66 Å². The number of halogens is 1. The summed E-state index contributed by atoms with van der Waals surface area (Å²) in [5.41, 5.74) is 7.78. The first-order chi connectivity index (χ1) is 19.4. The fourth-order valence-electron chi connectivity index (χ4n) is 5.55. The minimum Gasteiger partial charge on any atom is -0.487 e. The maximum atomic E-state index is 10.8. The van der Waals surface area contributed by atoms with Crippen LogP contribution in [0.2, 0.25) is 5.02 Å². The van der Waals surface area contributed by atoms with Gasteiger partial charge in [0.25, 0.3) is 5.69 Å². The van der Waals surface area contributed by atoms with Crippen LogP contribution >= 0.6 is 11.6 Å². The first kappa shape index (κ1) is 25.8. The average Bonchev–Trinajstić information content (AvgIpc) is 3.46. The molecular formula is C33H28ClN3O3. The summed E-state index contributed by atoms with van der Waals surface area (Å²) in [5.74, 6) is 1.49. The molecule has 0 saturated carbocycles. The molecule has 1 heterocycles. The number of benzene rings is 4. The van der Waals surface area contributed by atoms with Crippen LogP contribution in [0, 0.1) is 23.0 Å². The van der Waals surface area contributed by atoms with Crippen molar-refractivity contribution in [2.24, 2.45) is 10.9 Å². The third kappa shape index (κ3) is 5.36. The summed E-state index contributed by atoms with van der Waals surface area (Å²) < 4.78 is 5.81. The topological polar surface area (TPSA) is 76.8 Å². The van der Waals surface area contributed by atoms with Gasteiger partial charge in [-0.3, -0.25) is 15.1 Å². The minimum atomic E-state index is -0.424. The van der Waals surface area contributed by atoms with Crippen molar-refractivity contribution in [2.45, 2.75) is 31.9 Å². The Labute approximate surface area is 238 Å². The highest BCUT2D eigenvalue weighted by atomic mass is 35.5. The van der Waals surface area contributed by atoms with Gasteiger partial charge >= 0.3 is 0 Å². The van der Waals surface area contributed by atoms with E-state index >= 15 is 0 Å². The van der Waals surface area contributed by atoms with Gasteiger partial charge in [0.2, 0.25) is 0 Å². The molecule has 0 aromatic heterocycles. The van der Waals surface area contributed by atoms with E-state index in [4.69, 9.17) is 16.3 Å². The van der Waals surface area contributed by atoms with Crippen molar-refractivity contribution in [2.75, 3.05) is 5.32 Å². The van der Waals surface area contributed by atoms with Gasteiger partial charge in [-0.05, 0) is 90.0 Å². The lowest BCUT2D eigenvalue weighted by molar-refractivity contribution is -0.384. The fraction of sp³-hybridized carbons (Fsp3) is 0.182. The standard InChI is InChI=1S/C33H28ClN3O3/c1-21-5-15-31-29(17-21)27-3-2-4-28(27)33(36-31)24-9-11-25(12-10-24)35-19-23-8-16-32(30(34)18-23)40-20-22-6-13-26(14-7-22)37(38)39/h2-3,5-19,27-28,33,36H,4,20H2,1H3/t27-,28+,33+/m1/s1. The number of nitro benzene ring substituents is 1. The molecule has 0 fully saturated rings. The Balaban J connectivity index is 1.10. The van der Waals surface area contributed by atoms with Crippen LogP contribution in [0.25, 0.3) is 0 Å². The second kappa shape index (κ2) is 11.0. The summed E-state index contributed by atoms with van der Waals surface area (Å²) in [6, 6.07) is 27.2. The highest BCUT2D eigenvalue weighted by Crippen LogP contribution is 2.50. The molecule has 0 bridgehead atoms. The van der Waals surface area contributed by atoms with E-state index in [0.717, 1.165) is 23.2 Å². The number of allylic oxidation sites excluding steroid dienone is 2. The van der Waals surface area contributed by atoms with Gasteiger partial charge in [-0.2, -0.15) is 0 Å². The number of nitro groups is 1. The van der Waals surface area contributed by atoms with E-state index in [2.05, 4.69) is 71.8 Å². The Bertz CT molecular complexity index is 1610. The molecular weight excluding hydrogens is 522 g/mol.